The fourth-order valence-corrected chi connectivity index (χ4v) is 2.69. The Balaban J connectivity index is 1.71. The molecule has 4 heteroatoms. The summed E-state index contributed by atoms with van der Waals surface area (Å²) in [7, 11) is 0. The van der Waals surface area contributed by atoms with Crippen molar-refractivity contribution in [2.24, 2.45) is 11.7 Å². The Kier molecular flexibility index (Phi) is 5.61. The average molecular weight is 264 g/mol. The summed E-state index contributed by atoms with van der Waals surface area (Å²) in [6.45, 7) is 0.213. The molecule has 0 spiro atoms. The van der Waals surface area contributed by atoms with Gasteiger partial charge in [-0.1, -0.05) is 38.2 Å². The topological polar surface area (TPSA) is 68.4 Å². The molecule has 1 aromatic rings. The SMILES string of the molecule is N[C@@H](CC1CCCCC1)[C@@H](O)COc1ccccn1. The Bertz CT molecular complexity index is 352. The fourth-order valence-electron chi connectivity index (χ4n) is 2.69. The van der Waals surface area contributed by atoms with Crippen LogP contribution in [-0.4, -0.2) is 28.8 Å². The second kappa shape index (κ2) is 7.46. The number of nitrogens with zero attached hydrogens (tertiary/aromatic N) is 1. The van der Waals surface area contributed by atoms with Crippen molar-refractivity contribution in [2.75, 3.05) is 6.61 Å². The molecule has 0 bridgehead atoms. The van der Waals surface area contributed by atoms with Gasteiger partial charge < -0.3 is 15.6 Å². The molecule has 2 rings (SSSR count). The maximum atomic E-state index is 10.0. The second-order valence-corrected chi connectivity index (χ2v) is 5.45. The standard InChI is InChI=1S/C15H24N2O2/c16-13(10-12-6-2-1-3-7-12)14(18)11-19-15-8-4-5-9-17-15/h4-5,8-9,12-14,18H,1-3,6-7,10-11,16H2/t13-,14-/m0/s1. The number of pyridine rings is 1. The molecule has 0 amide bonds. The molecule has 1 heterocycles. The van der Waals surface area contributed by atoms with Gasteiger partial charge in [0.25, 0.3) is 0 Å². The Morgan fingerprint density at radius 1 is 1.32 bits per heavy atom. The van der Waals surface area contributed by atoms with Crippen LogP contribution in [0.5, 0.6) is 5.88 Å². The molecule has 19 heavy (non-hydrogen) atoms. The summed E-state index contributed by atoms with van der Waals surface area (Å²) in [6.07, 6.45) is 8.40. The molecule has 0 aromatic carbocycles. The van der Waals surface area contributed by atoms with Crippen molar-refractivity contribution in [2.45, 2.75) is 50.7 Å². The van der Waals surface area contributed by atoms with Crippen LogP contribution in [0.25, 0.3) is 0 Å². The van der Waals surface area contributed by atoms with Gasteiger partial charge in [-0.3, -0.25) is 0 Å². The van der Waals surface area contributed by atoms with Gasteiger partial charge in [-0.05, 0) is 18.4 Å². The van der Waals surface area contributed by atoms with Gasteiger partial charge in [0.2, 0.25) is 5.88 Å². The molecule has 1 fully saturated rings. The first-order valence-corrected chi connectivity index (χ1v) is 7.23. The highest BCUT2D eigenvalue weighted by molar-refractivity contribution is 5.09. The molecular weight excluding hydrogens is 240 g/mol. The van der Waals surface area contributed by atoms with Crippen LogP contribution >= 0.6 is 0 Å². The van der Waals surface area contributed by atoms with E-state index in [0.717, 1.165) is 6.42 Å². The largest absolute Gasteiger partial charge is 0.475 e. The maximum Gasteiger partial charge on any atom is 0.213 e. The van der Waals surface area contributed by atoms with Crippen LogP contribution in [0.3, 0.4) is 0 Å². The summed E-state index contributed by atoms with van der Waals surface area (Å²) in [4.78, 5) is 4.05. The summed E-state index contributed by atoms with van der Waals surface area (Å²) in [5.41, 5.74) is 6.06. The first-order chi connectivity index (χ1) is 9.25. The minimum absolute atomic E-state index is 0.202. The molecule has 0 radical (unpaired) electrons. The van der Waals surface area contributed by atoms with Crippen molar-refractivity contribution in [3.8, 4) is 5.88 Å². The number of ether oxygens (including phenoxy) is 1. The highest BCUT2D eigenvalue weighted by Crippen LogP contribution is 2.27. The highest BCUT2D eigenvalue weighted by atomic mass is 16.5. The third-order valence-corrected chi connectivity index (χ3v) is 3.86. The van der Waals surface area contributed by atoms with Gasteiger partial charge in [0, 0.05) is 18.3 Å². The molecule has 4 nitrogen and oxygen atoms in total. The van der Waals surface area contributed by atoms with Gasteiger partial charge in [-0.15, -0.1) is 0 Å². The van der Waals surface area contributed by atoms with E-state index in [0.29, 0.717) is 11.8 Å². The van der Waals surface area contributed by atoms with E-state index in [4.69, 9.17) is 10.5 Å². The molecule has 1 aromatic heterocycles. The monoisotopic (exact) mass is 264 g/mol. The number of hydrogen-bond acceptors (Lipinski definition) is 4. The van der Waals surface area contributed by atoms with Gasteiger partial charge in [-0.25, -0.2) is 4.98 Å². The molecule has 106 valence electrons. The smallest absolute Gasteiger partial charge is 0.213 e. The number of rotatable bonds is 6. The Labute approximate surface area is 115 Å². The molecule has 1 aliphatic carbocycles. The van der Waals surface area contributed by atoms with Gasteiger partial charge >= 0.3 is 0 Å². The van der Waals surface area contributed by atoms with E-state index >= 15 is 0 Å². The van der Waals surface area contributed by atoms with Gasteiger partial charge in [0.1, 0.15) is 12.7 Å². The molecule has 0 aliphatic heterocycles. The lowest BCUT2D eigenvalue weighted by Gasteiger charge is -2.26. The quantitative estimate of drug-likeness (QED) is 0.826. The molecular formula is C15H24N2O2. The average Bonchev–Trinajstić information content (AvgIpc) is 2.47. The predicted octanol–water partition coefficient (Wildman–Crippen LogP) is 2.12. The summed E-state index contributed by atoms with van der Waals surface area (Å²) in [5.74, 6) is 1.21. The third kappa shape index (κ3) is 4.80. The predicted molar refractivity (Wildman–Crippen MR) is 74.9 cm³/mol. The van der Waals surface area contributed by atoms with Crippen LogP contribution in [0.1, 0.15) is 38.5 Å². The first kappa shape index (κ1) is 14.3. The number of aliphatic hydroxyl groups excluding tert-OH is 1. The van der Waals surface area contributed by atoms with Crippen molar-refractivity contribution in [1.82, 2.24) is 4.98 Å². The van der Waals surface area contributed by atoms with E-state index in [1.54, 1.807) is 12.3 Å². The number of aliphatic hydroxyl groups is 1. The zero-order valence-electron chi connectivity index (χ0n) is 11.4. The number of aromatic nitrogens is 1. The summed E-state index contributed by atoms with van der Waals surface area (Å²) >= 11 is 0. The van der Waals surface area contributed by atoms with E-state index in [9.17, 15) is 5.11 Å². The number of hydrogen-bond donors (Lipinski definition) is 2. The van der Waals surface area contributed by atoms with Crippen LogP contribution in [0.2, 0.25) is 0 Å². The van der Waals surface area contributed by atoms with E-state index < -0.39 is 6.10 Å². The summed E-state index contributed by atoms with van der Waals surface area (Å²) in [6, 6.07) is 5.26. The minimum atomic E-state index is -0.621. The molecule has 1 aliphatic rings. The van der Waals surface area contributed by atoms with Crippen molar-refractivity contribution in [1.29, 1.82) is 0 Å². The number of nitrogens with two attached hydrogens (primary N) is 1. The Morgan fingerprint density at radius 3 is 2.79 bits per heavy atom. The summed E-state index contributed by atoms with van der Waals surface area (Å²) in [5, 5.41) is 10.0. The van der Waals surface area contributed by atoms with E-state index in [-0.39, 0.29) is 12.6 Å². The van der Waals surface area contributed by atoms with Gasteiger partial charge in [-0.2, -0.15) is 0 Å². The molecule has 2 atom stereocenters. The van der Waals surface area contributed by atoms with Crippen molar-refractivity contribution in [3.63, 3.8) is 0 Å². The lowest BCUT2D eigenvalue weighted by Crippen LogP contribution is -2.40. The van der Waals surface area contributed by atoms with Crippen molar-refractivity contribution in [3.05, 3.63) is 24.4 Å². The highest BCUT2D eigenvalue weighted by Gasteiger charge is 2.22. The lowest BCUT2D eigenvalue weighted by molar-refractivity contribution is 0.0728. The van der Waals surface area contributed by atoms with E-state index in [1.165, 1.54) is 32.1 Å². The molecule has 0 unspecified atom stereocenters. The lowest BCUT2D eigenvalue weighted by atomic mass is 9.84. The van der Waals surface area contributed by atoms with Crippen LogP contribution < -0.4 is 10.5 Å². The zero-order valence-corrected chi connectivity index (χ0v) is 11.4. The Hall–Kier alpha value is -1.13. The second-order valence-electron chi connectivity index (χ2n) is 5.45. The van der Waals surface area contributed by atoms with Crippen LogP contribution in [0, 0.1) is 5.92 Å². The minimum Gasteiger partial charge on any atom is -0.475 e. The fraction of sp³-hybridized carbons (Fsp3) is 0.667. The molecule has 3 N–H and O–H groups in total. The van der Waals surface area contributed by atoms with E-state index in [1.807, 2.05) is 12.1 Å². The Morgan fingerprint density at radius 2 is 2.11 bits per heavy atom. The first-order valence-electron chi connectivity index (χ1n) is 7.23. The zero-order chi connectivity index (χ0) is 13.5. The normalized spacial score (nSPS) is 19.9. The van der Waals surface area contributed by atoms with Crippen LogP contribution in [0.4, 0.5) is 0 Å². The van der Waals surface area contributed by atoms with Crippen molar-refractivity contribution < 1.29 is 9.84 Å². The van der Waals surface area contributed by atoms with E-state index in [2.05, 4.69) is 4.98 Å². The van der Waals surface area contributed by atoms with Gasteiger partial charge in [0.05, 0.1) is 0 Å². The van der Waals surface area contributed by atoms with Gasteiger partial charge in [0.15, 0.2) is 0 Å². The maximum absolute atomic E-state index is 10.0. The molecule has 0 saturated heterocycles. The van der Waals surface area contributed by atoms with Crippen LogP contribution in [-0.2, 0) is 0 Å². The third-order valence-electron chi connectivity index (χ3n) is 3.86. The van der Waals surface area contributed by atoms with Crippen LogP contribution in [0.15, 0.2) is 24.4 Å². The molecule has 1 saturated carbocycles. The van der Waals surface area contributed by atoms with Crippen molar-refractivity contribution >= 4 is 0 Å². The summed E-state index contributed by atoms with van der Waals surface area (Å²) < 4.78 is 5.44.